The quantitative estimate of drug-likeness (QED) is 0.723. The highest BCUT2D eigenvalue weighted by molar-refractivity contribution is 7.84. The van der Waals surface area contributed by atoms with Gasteiger partial charge in [0.05, 0.1) is 17.7 Å². The molecule has 0 heterocycles. The minimum atomic E-state index is -1.57. The molecule has 1 aliphatic rings. The topological polar surface area (TPSA) is 55.7 Å². The Kier molecular flexibility index (Phi) is 5.71. The van der Waals surface area contributed by atoms with Gasteiger partial charge in [0.2, 0.25) is 0 Å². The van der Waals surface area contributed by atoms with Crippen molar-refractivity contribution in [3.63, 3.8) is 0 Å². The standard InChI is InChI=1S/C21H27NO3S/c1-20(2,3)17-12-14(23)13-18(21(4,5)6)19(17)22-26(24)16-10-8-15(25-7)9-11-16/h8-13H,1-7H3. The maximum atomic E-state index is 12.9. The van der Waals surface area contributed by atoms with Gasteiger partial charge in [0.25, 0.3) is 0 Å². The summed E-state index contributed by atoms with van der Waals surface area (Å²) in [5.41, 5.74) is 1.71. The molecule has 0 amide bonds. The Bertz CT molecular complexity index is 780. The van der Waals surface area contributed by atoms with Crippen LogP contribution in [0.5, 0.6) is 5.75 Å². The second-order valence-corrected chi connectivity index (χ2v) is 9.54. The number of hydrogen-bond donors (Lipinski definition) is 0. The fourth-order valence-electron chi connectivity index (χ4n) is 2.68. The lowest BCUT2D eigenvalue weighted by molar-refractivity contribution is -0.110. The number of benzene rings is 1. The molecule has 0 bridgehead atoms. The Hall–Kier alpha value is -2.01. The van der Waals surface area contributed by atoms with Crippen LogP contribution in [0, 0.1) is 10.8 Å². The largest absolute Gasteiger partial charge is 0.497 e. The van der Waals surface area contributed by atoms with E-state index >= 15 is 0 Å². The number of allylic oxidation sites excluding steroid dienone is 4. The molecule has 0 aliphatic heterocycles. The van der Waals surface area contributed by atoms with E-state index in [1.165, 1.54) is 0 Å². The highest BCUT2D eigenvalue weighted by Crippen LogP contribution is 2.38. The summed E-state index contributed by atoms with van der Waals surface area (Å²) in [5.74, 6) is 0.654. The van der Waals surface area contributed by atoms with Gasteiger partial charge in [-0.05, 0) is 58.4 Å². The maximum absolute atomic E-state index is 12.9. The van der Waals surface area contributed by atoms with Gasteiger partial charge in [-0.2, -0.15) is 4.40 Å². The number of nitrogens with zero attached hydrogens (tertiary/aromatic N) is 1. The summed E-state index contributed by atoms with van der Waals surface area (Å²) < 4.78 is 22.6. The van der Waals surface area contributed by atoms with Crippen LogP contribution in [0.1, 0.15) is 41.5 Å². The average Bonchev–Trinajstić information content (AvgIpc) is 2.54. The van der Waals surface area contributed by atoms with E-state index in [-0.39, 0.29) is 16.6 Å². The van der Waals surface area contributed by atoms with Crippen LogP contribution in [0.15, 0.2) is 56.9 Å². The molecule has 0 saturated carbocycles. The van der Waals surface area contributed by atoms with Crippen molar-refractivity contribution in [3.05, 3.63) is 47.6 Å². The Morgan fingerprint density at radius 2 is 1.35 bits per heavy atom. The van der Waals surface area contributed by atoms with Crippen LogP contribution < -0.4 is 4.74 Å². The molecule has 0 N–H and O–H groups in total. The molecule has 2 rings (SSSR count). The van der Waals surface area contributed by atoms with E-state index in [9.17, 15) is 9.00 Å². The third-order valence-corrected chi connectivity index (χ3v) is 5.16. The van der Waals surface area contributed by atoms with E-state index in [4.69, 9.17) is 4.74 Å². The fraction of sp³-hybridized carbons (Fsp3) is 0.429. The maximum Gasteiger partial charge on any atom is 0.179 e. The molecule has 0 spiro atoms. The number of carbonyl (C=O) groups is 1. The third kappa shape index (κ3) is 4.58. The zero-order valence-electron chi connectivity index (χ0n) is 16.5. The molecule has 1 aromatic rings. The van der Waals surface area contributed by atoms with Gasteiger partial charge < -0.3 is 4.74 Å². The molecule has 4 nitrogen and oxygen atoms in total. The van der Waals surface area contributed by atoms with Crippen molar-refractivity contribution in [3.8, 4) is 5.75 Å². The van der Waals surface area contributed by atoms with Gasteiger partial charge in [0, 0.05) is 0 Å². The van der Waals surface area contributed by atoms with Gasteiger partial charge >= 0.3 is 0 Å². The number of rotatable bonds is 3. The average molecular weight is 374 g/mol. The number of ketones is 1. The Morgan fingerprint density at radius 1 is 0.885 bits per heavy atom. The van der Waals surface area contributed by atoms with E-state index in [2.05, 4.69) is 4.40 Å². The lowest BCUT2D eigenvalue weighted by Crippen LogP contribution is -2.30. The SMILES string of the molecule is COc1ccc(S(=O)N=C2C(C(C)(C)C)=CC(=O)C=C2C(C)(C)C)cc1. The van der Waals surface area contributed by atoms with Crippen molar-refractivity contribution in [2.45, 2.75) is 46.4 Å². The summed E-state index contributed by atoms with van der Waals surface area (Å²) >= 11 is 0. The molecule has 5 heteroatoms. The number of methoxy groups -OCH3 is 1. The highest BCUT2D eigenvalue weighted by atomic mass is 32.2. The lowest BCUT2D eigenvalue weighted by Gasteiger charge is -2.32. The predicted molar refractivity (Wildman–Crippen MR) is 107 cm³/mol. The van der Waals surface area contributed by atoms with Gasteiger partial charge in [0.15, 0.2) is 16.8 Å². The zero-order valence-corrected chi connectivity index (χ0v) is 17.4. The van der Waals surface area contributed by atoms with Gasteiger partial charge in [-0.3, -0.25) is 4.79 Å². The van der Waals surface area contributed by atoms with Crippen LogP contribution in [-0.2, 0) is 15.8 Å². The molecule has 0 aromatic heterocycles. The van der Waals surface area contributed by atoms with Crippen LogP contribution >= 0.6 is 0 Å². The summed E-state index contributed by atoms with van der Waals surface area (Å²) in [6, 6.07) is 7.01. The van der Waals surface area contributed by atoms with E-state index < -0.39 is 11.0 Å². The second kappa shape index (κ2) is 7.31. The Labute approximate surface area is 158 Å². The van der Waals surface area contributed by atoms with Crippen LogP contribution in [-0.4, -0.2) is 22.8 Å². The van der Waals surface area contributed by atoms with Crippen molar-refractivity contribution in [2.75, 3.05) is 7.11 Å². The molecule has 140 valence electrons. The van der Waals surface area contributed by atoms with Crippen LogP contribution in [0.3, 0.4) is 0 Å². The van der Waals surface area contributed by atoms with Gasteiger partial charge in [-0.25, -0.2) is 4.21 Å². The highest BCUT2D eigenvalue weighted by Gasteiger charge is 2.34. The number of ether oxygens (including phenoxy) is 1. The van der Waals surface area contributed by atoms with Crippen LogP contribution in [0.25, 0.3) is 0 Å². The van der Waals surface area contributed by atoms with Crippen molar-refractivity contribution in [2.24, 2.45) is 15.2 Å². The molecule has 1 atom stereocenters. The predicted octanol–water partition coefficient (Wildman–Crippen LogP) is 4.69. The molecule has 1 aliphatic carbocycles. The van der Waals surface area contributed by atoms with E-state index in [1.54, 1.807) is 43.5 Å². The van der Waals surface area contributed by atoms with Gasteiger partial charge in [0.1, 0.15) is 5.75 Å². The van der Waals surface area contributed by atoms with Crippen LogP contribution in [0.2, 0.25) is 0 Å². The lowest BCUT2D eigenvalue weighted by atomic mass is 9.72. The summed E-state index contributed by atoms with van der Waals surface area (Å²) in [5, 5.41) is 0. The molecule has 1 aromatic carbocycles. The van der Waals surface area contributed by atoms with E-state index in [0.717, 1.165) is 11.1 Å². The molecule has 26 heavy (non-hydrogen) atoms. The minimum absolute atomic E-state index is 0.0472. The minimum Gasteiger partial charge on any atom is -0.497 e. The smallest absolute Gasteiger partial charge is 0.179 e. The molecule has 1 unspecified atom stereocenters. The van der Waals surface area contributed by atoms with Crippen LogP contribution in [0.4, 0.5) is 0 Å². The first-order chi connectivity index (χ1) is 11.9. The molecule has 0 fully saturated rings. The molecular weight excluding hydrogens is 346 g/mol. The molecule has 0 radical (unpaired) electrons. The summed E-state index contributed by atoms with van der Waals surface area (Å²) in [6.07, 6.45) is 3.22. The normalized spacial score (nSPS) is 16.7. The first-order valence-electron chi connectivity index (χ1n) is 8.57. The first-order valence-corrected chi connectivity index (χ1v) is 9.68. The van der Waals surface area contributed by atoms with Gasteiger partial charge in [-0.1, -0.05) is 41.5 Å². The monoisotopic (exact) mass is 373 g/mol. The van der Waals surface area contributed by atoms with Gasteiger partial charge in [-0.15, -0.1) is 0 Å². The van der Waals surface area contributed by atoms with Crippen molar-refractivity contribution < 1.29 is 13.7 Å². The first kappa shape index (κ1) is 20.3. The van der Waals surface area contributed by atoms with Crippen molar-refractivity contribution in [1.82, 2.24) is 0 Å². The summed E-state index contributed by atoms with van der Waals surface area (Å²) in [7, 11) is 0.0153. The summed E-state index contributed by atoms with van der Waals surface area (Å²) in [6.45, 7) is 12.2. The number of hydrogen-bond acceptors (Lipinski definition) is 3. The Morgan fingerprint density at radius 3 is 1.73 bits per heavy atom. The fourth-order valence-corrected chi connectivity index (χ4v) is 3.51. The molecular formula is C21H27NO3S. The third-order valence-electron chi connectivity index (χ3n) is 4.13. The molecule has 0 saturated heterocycles. The van der Waals surface area contributed by atoms with E-state index in [0.29, 0.717) is 16.4 Å². The Balaban J connectivity index is 2.56. The summed E-state index contributed by atoms with van der Waals surface area (Å²) in [4.78, 5) is 12.8. The van der Waals surface area contributed by atoms with Crippen molar-refractivity contribution in [1.29, 1.82) is 0 Å². The van der Waals surface area contributed by atoms with Crippen molar-refractivity contribution >= 4 is 22.5 Å². The number of carbonyl (C=O) groups excluding carboxylic acids is 1. The van der Waals surface area contributed by atoms with E-state index in [1.807, 2.05) is 41.5 Å². The zero-order chi connectivity index (χ0) is 19.7. The second-order valence-electron chi connectivity index (χ2n) is 8.38.